The summed E-state index contributed by atoms with van der Waals surface area (Å²) in [5.41, 5.74) is 0. The van der Waals surface area contributed by atoms with Crippen LogP contribution < -0.4 is 5.32 Å². The number of carbonyl (C=O) groups is 2. The van der Waals surface area contributed by atoms with Crippen LogP contribution in [0.2, 0.25) is 0 Å². The summed E-state index contributed by atoms with van der Waals surface area (Å²) in [4.78, 5) is 24.1. The molecule has 1 heterocycles. The molecule has 1 fully saturated rings. The Balaban J connectivity index is 2.29. The van der Waals surface area contributed by atoms with Gasteiger partial charge in [-0.1, -0.05) is 6.08 Å². The molecule has 0 aliphatic carbocycles. The summed E-state index contributed by atoms with van der Waals surface area (Å²) >= 11 is 0. The molecule has 0 saturated carbocycles. The van der Waals surface area contributed by atoms with Gasteiger partial charge < -0.3 is 15.3 Å². The summed E-state index contributed by atoms with van der Waals surface area (Å²) in [6.45, 7) is 5.83. The molecule has 1 amide bonds. The van der Waals surface area contributed by atoms with E-state index >= 15 is 0 Å². The highest BCUT2D eigenvalue weighted by atomic mass is 16.4. The van der Waals surface area contributed by atoms with Crippen LogP contribution in [0.1, 0.15) is 25.7 Å². The average Bonchev–Trinajstić information content (AvgIpc) is 2.36. The van der Waals surface area contributed by atoms with E-state index in [1.54, 1.807) is 6.08 Å². The van der Waals surface area contributed by atoms with Crippen molar-refractivity contribution in [2.75, 3.05) is 26.2 Å². The maximum absolute atomic E-state index is 11.8. The van der Waals surface area contributed by atoms with Crippen LogP contribution in [-0.2, 0) is 9.59 Å². The topological polar surface area (TPSA) is 69.6 Å². The molecule has 0 aromatic rings. The zero-order chi connectivity index (χ0) is 13.4. The number of allylic oxidation sites excluding steroid dienone is 1. The normalized spacial score (nSPS) is 19.6. The zero-order valence-corrected chi connectivity index (χ0v) is 10.7. The van der Waals surface area contributed by atoms with E-state index in [1.807, 2.05) is 4.90 Å². The molecule has 1 rings (SSSR count). The minimum absolute atomic E-state index is 0.0130. The molecule has 1 aliphatic heterocycles. The molecular formula is C13H22N2O3. The number of carbonyl (C=O) groups excluding carboxylic acids is 1. The van der Waals surface area contributed by atoms with Crippen LogP contribution in [0.15, 0.2) is 12.7 Å². The fourth-order valence-electron chi connectivity index (χ4n) is 2.23. The van der Waals surface area contributed by atoms with Gasteiger partial charge in [-0.15, -0.1) is 6.58 Å². The van der Waals surface area contributed by atoms with E-state index in [2.05, 4.69) is 11.9 Å². The van der Waals surface area contributed by atoms with Crippen molar-refractivity contribution in [3.63, 3.8) is 0 Å². The number of aliphatic carboxylic acids is 1. The second-order valence-electron chi connectivity index (χ2n) is 4.70. The van der Waals surface area contributed by atoms with Gasteiger partial charge in [0.15, 0.2) is 0 Å². The Morgan fingerprint density at radius 3 is 2.94 bits per heavy atom. The second kappa shape index (κ2) is 7.87. The van der Waals surface area contributed by atoms with Gasteiger partial charge in [0.05, 0.1) is 6.54 Å². The number of nitrogens with zero attached hydrogens (tertiary/aromatic N) is 1. The summed E-state index contributed by atoms with van der Waals surface area (Å²) in [5, 5.41) is 11.4. The summed E-state index contributed by atoms with van der Waals surface area (Å²) in [6, 6.07) is 0. The standard InChI is InChI=1S/C13H22N2O3/c1-2-3-6-12(16)15-7-4-5-11(10-15)8-14-9-13(17)18/h2,11,14H,1,3-10H2,(H,17,18). The molecule has 1 atom stereocenters. The third-order valence-corrected chi connectivity index (χ3v) is 3.14. The first-order valence-electron chi connectivity index (χ1n) is 6.44. The van der Waals surface area contributed by atoms with Gasteiger partial charge in [0.2, 0.25) is 5.91 Å². The third kappa shape index (κ3) is 5.31. The van der Waals surface area contributed by atoms with Crippen molar-refractivity contribution in [2.45, 2.75) is 25.7 Å². The summed E-state index contributed by atoms with van der Waals surface area (Å²) in [5.74, 6) is -0.298. The highest BCUT2D eigenvalue weighted by molar-refractivity contribution is 5.76. The highest BCUT2D eigenvalue weighted by Gasteiger charge is 2.22. The lowest BCUT2D eigenvalue weighted by Gasteiger charge is -2.33. The predicted octanol–water partition coefficient (Wildman–Crippen LogP) is 0.865. The van der Waals surface area contributed by atoms with E-state index in [4.69, 9.17) is 5.11 Å². The van der Waals surface area contributed by atoms with Gasteiger partial charge in [0.1, 0.15) is 0 Å². The molecule has 18 heavy (non-hydrogen) atoms. The molecule has 0 aromatic heterocycles. The number of carboxylic acid groups (broad SMARTS) is 1. The number of nitrogens with one attached hydrogen (secondary N) is 1. The molecule has 0 aromatic carbocycles. The van der Waals surface area contributed by atoms with Gasteiger partial charge in [-0.05, 0) is 25.2 Å². The Morgan fingerprint density at radius 1 is 1.50 bits per heavy atom. The summed E-state index contributed by atoms with van der Waals surface area (Å²) in [6.07, 6.45) is 5.06. The SMILES string of the molecule is C=CCCC(=O)N1CCCC(CNCC(=O)O)C1. The molecule has 0 radical (unpaired) electrons. The molecule has 1 saturated heterocycles. The van der Waals surface area contributed by atoms with Crippen molar-refractivity contribution in [1.82, 2.24) is 10.2 Å². The monoisotopic (exact) mass is 254 g/mol. The van der Waals surface area contributed by atoms with E-state index in [0.717, 1.165) is 32.4 Å². The van der Waals surface area contributed by atoms with Crippen LogP contribution in [0.3, 0.4) is 0 Å². The highest BCUT2D eigenvalue weighted by Crippen LogP contribution is 2.16. The van der Waals surface area contributed by atoms with E-state index in [-0.39, 0.29) is 12.5 Å². The van der Waals surface area contributed by atoms with Gasteiger partial charge in [-0.2, -0.15) is 0 Å². The lowest BCUT2D eigenvalue weighted by atomic mass is 9.97. The van der Waals surface area contributed by atoms with Crippen LogP contribution in [0, 0.1) is 5.92 Å². The lowest BCUT2D eigenvalue weighted by Crippen LogP contribution is -2.43. The van der Waals surface area contributed by atoms with Crippen LogP contribution in [0.4, 0.5) is 0 Å². The third-order valence-electron chi connectivity index (χ3n) is 3.14. The van der Waals surface area contributed by atoms with Crippen molar-refractivity contribution < 1.29 is 14.7 Å². The molecule has 1 aliphatic rings. The summed E-state index contributed by atoms with van der Waals surface area (Å²) in [7, 11) is 0. The fraction of sp³-hybridized carbons (Fsp3) is 0.692. The Labute approximate surface area is 108 Å². The van der Waals surface area contributed by atoms with E-state index in [1.165, 1.54) is 0 Å². The number of hydrogen-bond acceptors (Lipinski definition) is 3. The minimum atomic E-state index is -0.843. The van der Waals surface area contributed by atoms with Crippen LogP contribution in [-0.4, -0.2) is 48.1 Å². The quantitative estimate of drug-likeness (QED) is 0.661. The lowest BCUT2D eigenvalue weighted by molar-refractivity contribution is -0.136. The minimum Gasteiger partial charge on any atom is -0.480 e. The second-order valence-corrected chi connectivity index (χ2v) is 4.70. The molecule has 5 heteroatoms. The number of rotatable bonds is 7. The van der Waals surface area contributed by atoms with Gasteiger partial charge in [0.25, 0.3) is 0 Å². The van der Waals surface area contributed by atoms with Crippen LogP contribution in [0.5, 0.6) is 0 Å². The molecule has 1 unspecified atom stereocenters. The first kappa shape index (κ1) is 14.7. The first-order valence-corrected chi connectivity index (χ1v) is 6.44. The molecule has 5 nitrogen and oxygen atoms in total. The Bertz CT molecular complexity index is 305. The molecule has 0 bridgehead atoms. The predicted molar refractivity (Wildman–Crippen MR) is 69.2 cm³/mol. The number of carboxylic acids is 1. The molecule has 2 N–H and O–H groups in total. The smallest absolute Gasteiger partial charge is 0.317 e. The Morgan fingerprint density at radius 2 is 2.28 bits per heavy atom. The van der Waals surface area contributed by atoms with Gasteiger partial charge >= 0.3 is 5.97 Å². The first-order chi connectivity index (χ1) is 8.63. The fourth-order valence-corrected chi connectivity index (χ4v) is 2.23. The van der Waals surface area contributed by atoms with E-state index in [0.29, 0.717) is 18.9 Å². The Hall–Kier alpha value is -1.36. The van der Waals surface area contributed by atoms with E-state index in [9.17, 15) is 9.59 Å². The van der Waals surface area contributed by atoms with Crippen LogP contribution >= 0.6 is 0 Å². The number of amides is 1. The summed E-state index contributed by atoms with van der Waals surface area (Å²) < 4.78 is 0. The molecule has 0 spiro atoms. The van der Waals surface area contributed by atoms with Crippen molar-refractivity contribution in [2.24, 2.45) is 5.92 Å². The van der Waals surface area contributed by atoms with Crippen molar-refractivity contribution in [1.29, 1.82) is 0 Å². The van der Waals surface area contributed by atoms with Crippen molar-refractivity contribution in [3.05, 3.63) is 12.7 Å². The van der Waals surface area contributed by atoms with Gasteiger partial charge in [-0.25, -0.2) is 0 Å². The average molecular weight is 254 g/mol. The Kier molecular flexibility index (Phi) is 6.43. The van der Waals surface area contributed by atoms with Gasteiger partial charge in [0, 0.05) is 26.1 Å². The maximum Gasteiger partial charge on any atom is 0.317 e. The van der Waals surface area contributed by atoms with Crippen molar-refractivity contribution >= 4 is 11.9 Å². The number of likely N-dealkylation sites (tertiary alicyclic amines) is 1. The maximum atomic E-state index is 11.8. The van der Waals surface area contributed by atoms with Gasteiger partial charge in [-0.3, -0.25) is 9.59 Å². The zero-order valence-electron chi connectivity index (χ0n) is 10.7. The van der Waals surface area contributed by atoms with Crippen LogP contribution in [0.25, 0.3) is 0 Å². The largest absolute Gasteiger partial charge is 0.480 e. The molecule has 102 valence electrons. The number of hydrogen-bond donors (Lipinski definition) is 2. The van der Waals surface area contributed by atoms with Crippen molar-refractivity contribution in [3.8, 4) is 0 Å². The van der Waals surface area contributed by atoms with E-state index < -0.39 is 5.97 Å². The molecular weight excluding hydrogens is 232 g/mol. The number of piperidine rings is 1.